The van der Waals surface area contributed by atoms with Gasteiger partial charge in [0.2, 0.25) is 0 Å². The highest BCUT2D eigenvalue weighted by Gasteiger charge is 2.62. The molecular formula is C25H23F6N3O2. The van der Waals surface area contributed by atoms with Gasteiger partial charge in [0.25, 0.3) is 11.5 Å². The van der Waals surface area contributed by atoms with Crippen LogP contribution in [0.1, 0.15) is 50.4 Å². The number of hydrogen-bond acceptors (Lipinski definition) is 3. The van der Waals surface area contributed by atoms with Gasteiger partial charge in [0, 0.05) is 11.3 Å². The third-order valence-electron chi connectivity index (χ3n) is 6.14. The Morgan fingerprint density at radius 3 is 2.25 bits per heavy atom. The molecule has 3 aromatic rings. The minimum atomic E-state index is -4.79. The fourth-order valence-corrected chi connectivity index (χ4v) is 4.69. The van der Waals surface area contributed by atoms with Gasteiger partial charge in [0.1, 0.15) is 12.3 Å². The fraction of sp³-hybridized carbons (Fsp3) is 0.360. The average molecular weight is 511 g/mol. The van der Waals surface area contributed by atoms with E-state index in [4.69, 9.17) is 4.84 Å². The maximum atomic E-state index is 14.5. The number of benzene rings is 1. The van der Waals surface area contributed by atoms with Gasteiger partial charge in [-0.25, -0.2) is 0 Å². The van der Waals surface area contributed by atoms with Gasteiger partial charge in [-0.2, -0.15) is 26.3 Å². The summed E-state index contributed by atoms with van der Waals surface area (Å²) in [6.07, 6.45) is -10.0. The smallest absolute Gasteiger partial charge is 0.374 e. The van der Waals surface area contributed by atoms with Crippen molar-refractivity contribution in [1.29, 1.82) is 0 Å². The molecule has 0 fully saturated rings. The summed E-state index contributed by atoms with van der Waals surface area (Å²) in [5, 5.41) is 5.67. The van der Waals surface area contributed by atoms with Crippen molar-refractivity contribution in [1.82, 2.24) is 9.72 Å². The first-order valence-corrected chi connectivity index (χ1v) is 11.0. The first-order valence-electron chi connectivity index (χ1n) is 11.0. The fourth-order valence-electron chi connectivity index (χ4n) is 4.69. The molecule has 2 aromatic heterocycles. The molecule has 1 N–H and O–H groups in total. The quantitative estimate of drug-likeness (QED) is 0.434. The van der Waals surface area contributed by atoms with Crippen molar-refractivity contribution >= 4 is 17.1 Å². The topological polar surface area (TPSA) is 55.1 Å². The maximum absolute atomic E-state index is 14.5. The molecule has 1 amide bonds. The van der Waals surface area contributed by atoms with E-state index in [-0.39, 0.29) is 28.0 Å². The lowest BCUT2D eigenvalue weighted by Gasteiger charge is -2.30. The van der Waals surface area contributed by atoms with E-state index in [1.807, 2.05) is 5.32 Å². The summed E-state index contributed by atoms with van der Waals surface area (Å²) >= 11 is 0. The Bertz CT molecular complexity index is 1370. The van der Waals surface area contributed by atoms with Crippen LogP contribution in [0.15, 0.2) is 41.6 Å². The summed E-state index contributed by atoms with van der Waals surface area (Å²) < 4.78 is 82.7. The van der Waals surface area contributed by atoms with Crippen molar-refractivity contribution in [2.24, 2.45) is 5.16 Å². The minimum absolute atomic E-state index is 0.00238. The predicted molar refractivity (Wildman–Crippen MR) is 121 cm³/mol. The largest absolute Gasteiger partial charge is 0.435 e. The second kappa shape index (κ2) is 8.56. The number of hydrogen-bond donors (Lipinski definition) is 1. The molecule has 1 aliphatic heterocycles. The number of halogens is 6. The highest BCUT2D eigenvalue weighted by atomic mass is 19.4. The van der Waals surface area contributed by atoms with Gasteiger partial charge in [-0.15, -0.1) is 0 Å². The molecule has 0 aliphatic carbocycles. The van der Waals surface area contributed by atoms with E-state index in [0.717, 1.165) is 0 Å². The van der Waals surface area contributed by atoms with Crippen molar-refractivity contribution in [3.8, 4) is 0 Å². The number of aryl methyl sites for hydroxylation is 4. The van der Waals surface area contributed by atoms with Gasteiger partial charge in [0.05, 0.1) is 23.2 Å². The molecule has 0 spiro atoms. The molecular weight excluding hydrogens is 488 g/mol. The number of nitrogens with zero attached hydrogens (tertiary/aromatic N) is 2. The lowest BCUT2D eigenvalue weighted by atomic mass is 9.85. The lowest BCUT2D eigenvalue weighted by Crippen LogP contribution is -2.43. The van der Waals surface area contributed by atoms with Crippen LogP contribution in [0.3, 0.4) is 0 Å². The van der Waals surface area contributed by atoms with Gasteiger partial charge in [0.15, 0.2) is 0 Å². The Morgan fingerprint density at radius 2 is 1.67 bits per heavy atom. The highest BCUT2D eigenvalue weighted by molar-refractivity contribution is 6.06. The summed E-state index contributed by atoms with van der Waals surface area (Å²) in [6, 6.07) is 8.92. The molecule has 3 heterocycles. The zero-order valence-corrected chi connectivity index (χ0v) is 19.9. The zero-order chi connectivity index (χ0) is 26.6. The van der Waals surface area contributed by atoms with Gasteiger partial charge >= 0.3 is 12.4 Å². The molecule has 11 heteroatoms. The summed E-state index contributed by atoms with van der Waals surface area (Å²) in [7, 11) is 0. The van der Waals surface area contributed by atoms with Crippen LogP contribution in [0.5, 0.6) is 0 Å². The first-order chi connectivity index (χ1) is 16.6. The van der Waals surface area contributed by atoms with E-state index in [9.17, 15) is 31.1 Å². The number of pyridine rings is 1. The molecule has 192 valence electrons. The molecule has 0 radical (unpaired) electrons. The van der Waals surface area contributed by atoms with Crippen LogP contribution in [0.4, 0.5) is 26.3 Å². The number of amides is 1. The van der Waals surface area contributed by atoms with Crippen LogP contribution in [0, 0.1) is 27.7 Å². The Morgan fingerprint density at radius 1 is 1.03 bits per heavy atom. The van der Waals surface area contributed by atoms with Crippen molar-refractivity contribution in [3.63, 3.8) is 0 Å². The standard InChI is InChI=1S/C25H23F6N3O2/c1-13-7-14(2)9-17(8-13)23(25(29,30)31)11-19(33-36-23)20-6-5-18(22(35)32-12-24(26,27)28)21-15(3)10-16(4)34(20)21/h5-10H,11-12H2,1-4H3,(H,32,35). The molecule has 1 aliphatic rings. The Hall–Kier alpha value is -3.50. The SMILES string of the molecule is Cc1cc(C)cc(C2(C(F)(F)F)CC(c3ccc(C(=O)NCC(F)(F)F)c4c(C)cc(C)n34)=NO2)c1. The third-order valence-corrected chi connectivity index (χ3v) is 6.14. The van der Waals surface area contributed by atoms with Crippen molar-refractivity contribution < 1.29 is 36.0 Å². The number of nitrogens with one attached hydrogen (secondary N) is 1. The Kier molecular flexibility index (Phi) is 6.09. The second-order valence-corrected chi connectivity index (χ2v) is 9.09. The van der Waals surface area contributed by atoms with Gasteiger partial charge in [-0.05, 0) is 51.5 Å². The van der Waals surface area contributed by atoms with Crippen LogP contribution in [0.25, 0.3) is 5.52 Å². The average Bonchev–Trinajstić information content (AvgIpc) is 3.33. The summed E-state index contributed by atoms with van der Waals surface area (Å²) in [5.41, 5.74) is 0.127. The number of oxime groups is 1. The van der Waals surface area contributed by atoms with Crippen molar-refractivity contribution in [2.75, 3.05) is 6.54 Å². The van der Waals surface area contributed by atoms with Gasteiger partial charge < -0.3 is 14.6 Å². The molecule has 0 bridgehead atoms. The Balaban J connectivity index is 1.79. The lowest BCUT2D eigenvalue weighted by molar-refractivity contribution is -0.275. The van der Waals surface area contributed by atoms with Gasteiger partial charge in [-0.1, -0.05) is 34.5 Å². The highest BCUT2D eigenvalue weighted by Crippen LogP contribution is 2.49. The molecule has 36 heavy (non-hydrogen) atoms. The molecule has 0 saturated carbocycles. The van der Waals surface area contributed by atoms with Crippen molar-refractivity contribution in [2.45, 2.75) is 52.1 Å². The monoisotopic (exact) mass is 511 g/mol. The molecule has 5 nitrogen and oxygen atoms in total. The summed E-state index contributed by atoms with van der Waals surface area (Å²) in [4.78, 5) is 17.7. The van der Waals surface area contributed by atoms with Gasteiger partial charge in [-0.3, -0.25) is 4.79 Å². The van der Waals surface area contributed by atoms with Crippen LogP contribution in [-0.4, -0.2) is 34.9 Å². The number of aromatic nitrogens is 1. The number of rotatable bonds is 4. The predicted octanol–water partition coefficient (Wildman–Crippen LogP) is 6.05. The van der Waals surface area contributed by atoms with E-state index in [2.05, 4.69) is 5.16 Å². The van der Waals surface area contributed by atoms with E-state index in [1.54, 1.807) is 39.8 Å². The van der Waals surface area contributed by atoms with Crippen molar-refractivity contribution in [3.05, 3.63) is 75.6 Å². The minimum Gasteiger partial charge on any atom is -0.374 e. The van der Waals surface area contributed by atoms with Crippen LogP contribution >= 0.6 is 0 Å². The normalized spacial score (nSPS) is 18.3. The molecule has 0 saturated heterocycles. The van der Waals surface area contributed by atoms with E-state index in [1.165, 1.54) is 28.7 Å². The number of carbonyl (C=O) groups is 1. The summed E-state index contributed by atoms with van der Waals surface area (Å²) in [5.74, 6) is -0.949. The van der Waals surface area contributed by atoms with E-state index < -0.39 is 36.8 Å². The third kappa shape index (κ3) is 4.42. The zero-order valence-electron chi connectivity index (χ0n) is 19.9. The summed E-state index contributed by atoms with van der Waals surface area (Å²) in [6.45, 7) is 5.21. The molecule has 1 unspecified atom stereocenters. The molecule has 1 aromatic carbocycles. The first kappa shape index (κ1) is 25.6. The Labute approximate surface area is 202 Å². The van der Waals surface area contributed by atoms with Crippen LogP contribution < -0.4 is 5.32 Å². The van der Waals surface area contributed by atoms with E-state index >= 15 is 0 Å². The maximum Gasteiger partial charge on any atom is 0.435 e. The molecule has 1 atom stereocenters. The molecule has 4 rings (SSSR count). The van der Waals surface area contributed by atoms with Crippen LogP contribution in [0.2, 0.25) is 0 Å². The number of alkyl halides is 6. The van der Waals surface area contributed by atoms with Crippen LogP contribution in [-0.2, 0) is 10.4 Å². The number of carbonyl (C=O) groups excluding carboxylic acids is 1. The second-order valence-electron chi connectivity index (χ2n) is 9.09. The van der Waals surface area contributed by atoms with E-state index in [0.29, 0.717) is 22.4 Å². The number of fused-ring (bicyclic) bond motifs is 1.